The lowest BCUT2D eigenvalue weighted by atomic mass is 9.57. The molecule has 0 spiro atoms. The fourth-order valence-corrected chi connectivity index (χ4v) is 4.91. The molecule has 2 aliphatic rings. The van der Waals surface area contributed by atoms with Crippen LogP contribution in [-0.4, -0.2) is 17.0 Å². The van der Waals surface area contributed by atoms with E-state index in [1.807, 2.05) is 31.2 Å². The van der Waals surface area contributed by atoms with Crippen LogP contribution in [0.5, 0.6) is 0 Å². The number of ketones is 1. The Balaban J connectivity index is 1.80. The van der Waals surface area contributed by atoms with Crippen molar-refractivity contribution in [2.24, 2.45) is 5.41 Å². The van der Waals surface area contributed by atoms with Crippen LogP contribution < -0.4 is 0 Å². The Bertz CT molecular complexity index is 940. The highest BCUT2D eigenvalue weighted by Crippen LogP contribution is 2.52. The number of aliphatic hydroxyl groups excluding tert-OH is 1. The highest BCUT2D eigenvalue weighted by atomic mass is 19.1. The summed E-state index contributed by atoms with van der Waals surface area (Å²) in [5, 5.41) is 11.1. The topological polar surface area (TPSA) is 37.3 Å². The van der Waals surface area contributed by atoms with Crippen LogP contribution in [0.1, 0.15) is 43.7 Å². The maximum Gasteiger partial charge on any atom is 0.184 e. The molecular weight excluding hydrogens is 351 g/mol. The number of halogens is 1. The summed E-state index contributed by atoms with van der Waals surface area (Å²) in [6.07, 6.45) is 5.15. The van der Waals surface area contributed by atoms with Gasteiger partial charge in [0.25, 0.3) is 0 Å². The van der Waals surface area contributed by atoms with Crippen molar-refractivity contribution in [2.75, 3.05) is 0 Å². The smallest absolute Gasteiger partial charge is 0.184 e. The highest BCUT2D eigenvalue weighted by molar-refractivity contribution is 6.12. The van der Waals surface area contributed by atoms with Crippen LogP contribution in [0.25, 0.3) is 6.08 Å². The molecule has 3 heteroatoms. The number of hydrogen-bond donors (Lipinski definition) is 1. The lowest BCUT2D eigenvalue weighted by Crippen LogP contribution is -2.46. The van der Waals surface area contributed by atoms with E-state index in [4.69, 9.17) is 0 Å². The molecule has 2 aromatic carbocycles. The SMILES string of the molecule is CC1=C2CCC[C@H](O)[C@@]2(Cc2ccccc2)C/C(=C/c2ccc(F)cc2)C1=O. The van der Waals surface area contributed by atoms with E-state index in [-0.39, 0.29) is 11.6 Å². The first-order valence-electron chi connectivity index (χ1n) is 9.93. The normalized spacial score (nSPS) is 26.5. The van der Waals surface area contributed by atoms with E-state index in [9.17, 15) is 14.3 Å². The molecule has 4 rings (SSSR count). The molecule has 144 valence electrons. The number of aliphatic hydroxyl groups is 1. The summed E-state index contributed by atoms with van der Waals surface area (Å²) in [6, 6.07) is 16.4. The van der Waals surface area contributed by atoms with Gasteiger partial charge in [0.05, 0.1) is 6.10 Å². The maximum absolute atomic E-state index is 13.3. The van der Waals surface area contributed by atoms with Crippen molar-refractivity contribution in [3.63, 3.8) is 0 Å². The van der Waals surface area contributed by atoms with Crippen molar-refractivity contribution in [1.29, 1.82) is 0 Å². The van der Waals surface area contributed by atoms with E-state index in [1.165, 1.54) is 17.7 Å². The van der Waals surface area contributed by atoms with Crippen LogP contribution >= 0.6 is 0 Å². The molecule has 2 aromatic rings. The predicted octanol–water partition coefficient (Wildman–Crippen LogP) is 5.27. The summed E-state index contributed by atoms with van der Waals surface area (Å²) < 4.78 is 13.3. The third-order valence-electron chi connectivity index (χ3n) is 6.31. The molecule has 2 atom stereocenters. The molecule has 0 aliphatic heterocycles. The van der Waals surface area contributed by atoms with Crippen molar-refractivity contribution in [1.82, 2.24) is 0 Å². The number of hydrogen-bond acceptors (Lipinski definition) is 2. The molecule has 0 radical (unpaired) electrons. The first-order chi connectivity index (χ1) is 13.5. The molecule has 1 N–H and O–H groups in total. The number of rotatable bonds is 3. The van der Waals surface area contributed by atoms with Crippen LogP contribution in [0.15, 0.2) is 71.3 Å². The van der Waals surface area contributed by atoms with Gasteiger partial charge in [0, 0.05) is 11.0 Å². The Hall–Kier alpha value is -2.52. The molecule has 0 saturated heterocycles. The largest absolute Gasteiger partial charge is 0.392 e. The second-order valence-corrected chi connectivity index (χ2v) is 8.06. The summed E-state index contributed by atoms with van der Waals surface area (Å²) in [6.45, 7) is 1.90. The summed E-state index contributed by atoms with van der Waals surface area (Å²) in [4.78, 5) is 13.1. The van der Waals surface area contributed by atoms with Crippen LogP contribution in [0, 0.1) is 11.2 Å². The predicted molar refractivity (Wildman–Crippen MR) is 109 cm³/mol. The molecule has 0 aromatic heterocycles. The monoisotopic (exact) mass is 376 g/mol. The van der Waals surface area contributed by atoms with Crippen LogP contribution in [0.2, 0.25) is 0 Å². The summed E-state index contributed by atoms with van der Waals surface area (Å²) >= 11 is 0. The lowest BCUT2D eigenvalue weighted by molar-refractivity contribution is -0.113. The number of Topliss-reactive ketones (excluding diaryl/α,β-unsaturated/α-hetero) is 1. The summed E-state index contributed by atoms with van der Waals surface area (Å²) in [7, 11) is 0. The van der Waals surface area contributed by atoms with Gasteiger partial charge in [0.2, 0.25) is 0 Å². The van der Waals surface area contributed by atoms with Crippen LogP contribution in [0.3, 0.4) is 0 Å². The number of benzene rings is 2. The average molecular weight is 376 g/mol. The van der Waals surface area contributed by atoms with Gasteiger partial charge in [-0.2, -0.15) is 0 Å². The minimum atomic E-state index is -0.476. The molecule has 0 amide bonds. The second kappa shape index (κ2) is 7.48. The molecule has 0 bridgehead atoms. The minimum Gasteiger partial charge on any atom is -0.392 e. The molecule has 2 nitrogen and oxygen atoms in total. The molecule has 0 heterocycles. The second-order valence-electron chi connectivity index (χ2n) is 8.06. The number of carbonyl (C=O) groups is 1. The van der Waals surface area contributed by atoms with Crippen molar-refractivity contribution in [3.8, 4) is 0 Å². The average Bonchev–Trinajstić information content (AvgIpc) is 2.70. The lowest BCUT2D eigenvalue weighted by Gasteiger charge is -2.48. The van der Waals surface area contributed by atoms with Gasteiger partial charge < -0.3 is 5.11 Å². The summed E-state index contributed by atoms with van der Waals surface area (Å²) in [5.41, 5.74) is 4.13. The van der Waals surface area contributed by atoms with Gasteiger partial charge in [0.15, 0.2) is 5.78 Å². The number of allylic oxidation sites excluding steroid dienone is 2. The van der Waals surface area contributed by atoms with Gasteiger partial charge >= 0.3 is 0 Å². The van der Waals surface area contributed by atoms with E-state index in [1.54, 1.807) is 12.1 Å². The first kappa shape index (κ1) is 18.8. The van der Waals surface area contributed by atoms with E-state index in [0.29, 0.717) is 12.0 Å². The Morgan fingerprint density at radius 1 is 1.14 bits per heavy atom. The molecule has 0 unspecified atom stereocenters. The number of fused-ring (bicyclic) bond motifs is 1. The Morgan fingerprint density at radius 2 is 1.86 bits per heavy atom. The molecular formula is C25H25FO2. The van der Waals surface area contributed by atoms with Gasteiger partial charge in [-0.15, -0.1) is 0 Å². The fraction of sp³-hybridized carbons (Fsp3) is 0.320. The summed E-state index contributed by atoms with van der Waals surface area (Å²) in [5.74, 6) is -0.240. The third-order valence-corrected chi connectivity index (χ3v) is 6.31. The van der Waals surface area contributed by atoms with E-state index in [2.05, 4.69) is 12.1 Å². The molecule has 1 fully saturated rings. The van der Waals surface area contributed by atoms with Crippen LogP contribution in [-0.2, 0) is 11.2 Å². The van der Waals surface area contributed by atoms with E-state index < -0.39 is 11.5 Å². The Kier molecular flexibility index (Phi) is 5.03. The zero-order valence-corrected chi connectivity index (χ0v) is 16.1. The van der Waals surface area contributed by atoms with Crippen molar-refractivity contribution in [2.45, 2.75) is 45.1 Å². The van der Waals surface area contributed by atoms with Gasteiger partial charge in [-0.1, -0.05) is 48.0 Å². The minimum absolute atomic E-state index is 0.0529. The molecule has 28 heavy (non-hydrogen) atoms. The van der Waals surface area contributed by atoms with Gasteiger partial charge in [0.1, 0.15) is 5.82 Å². The first-order valence-corrected chi connectivity index (χ1v) is 9.93. The molecule has 1 saturated carbocycles. The highest BCUT2D eigenvalue weighted by Gasteiger charge is 2.48. The van der Waals surface area contributed by atoms with Crippen LogP contribution in [0.4, 0.5) is 4.39 Å². The van der Waals surface area contributed by atoms with Gasteiger partial charge in [-0.05, 0) is 73.9 Å². The zero-order valence-electron chi connectivity index (χ0n) is 16.1. The van der Waals surface area contributed by atoms with Gasteiger partial charge in [-0.25, -0.2) is 4.39 Å². The maximum atomic E-state index is 13.3. The standard InChI is InChI=1S/C25H25FO2/c1-17-22-8-5-9-23(27)25(22,15-19-6-3-2-4-7-19)16-20(24(17)28)14-18-10-12-21(26)13-11-18/h2-4,6-7,10-14,23,27H,5,8-9,15-16H2,1H3/b20-14-/t23-,25-/m0/s1. The van der Waals surface area contributed by atoms with Crippen molar-refractivity contribution < 1.29 is 14.3 Å². The van der Waals surface area contributed by atoms with Gasteiger partial charge in [-0.3, -0.25) is 4.79 Å². The quantitative estimate of drug-likeness (QED) is 0.741. The third kappa shape index (κ3) is 3.35. The molecule has 2 aliphatic carbocycles. The van der Waals surface area contributed by atoms with E-state index in [0.717, 1.165) is 42.4 Å². The number of carbonyl (C=O) groups excluding carboxylic acids is 1. The van der Waals surface area contributed by atoms with E-state index >= 15 is 0 Å². The zero-order chi connectivity index (χ0) is 19.7. The Labute approximate surface area is 165 Å². The van der Waals surface area contributed by atoms with Crippen molar-refractivity contribution in [3.05, 3.63) is 88.3 Å². The fourth-order valence-electron chi connectivity index (χ4n) is 4.91. The van der Waals surface area contributed by atoms with Crippen molar-refractivity contribution >= 4 is 11.9 Å². The Morgan fingerprint density at radius 3 is 2.57 bits per heavy atom.